The normalized spacial score (nSPS) is 26.3. The van der Waals surface area contributed by atoms with Gasteiger partial charge in [0.05, 0.1) is 5.54 Å². The van der Waals surface area contributed by atoms with Gasteiger partial charge in [0.15, 0.2) is 0 Å². The zero-order valence-electron chi connectivity index (χ0n) is 7.58. The van der Waals surface area contributed by atoms with E-state index in [2.05, 4.69) is 0 Å². The molecule has 1 aliphatic heterocycles. The summed E-state index contributed by atoms with van der Waals surface area (Å²) in [6, 6.07) is 5.14. The summed E-state index contributed by atoms with van der Waals surface area (Å²) in [5.74, 6) is 0.988. The molecule has 3 nitrogen and oxygen atoms in total. The molecule has 1 aliphatic rings. The van der Waals surface area contributed by atoms with Crippen LogP contribution in [0.2, 0.25) is 0 Å². The van der Waals surface area contributed by atoms with Crippen LogP contribution in [0.25, 0.3) is 0 Å². The van der Waals surface area contributed by atoms with Crippen LogP contribution < -0.4 is 10.5 Å². The number of fused-ring (bicyclic) bond motifs is 1. The Morgan fingerprint density at radius 3 is 3.08 bits per heavy atom. The van der Waals surface area contributed by atoms with Crippen LogP contribution in [0.5, 0.6) is 11.5 Å². The molecule has 0 spiro atoms. The molecule has 3 N–H and O–H groups in total. The molecule has 0 fully saturated rings. The van der Waals surface area contributed by atoms with Crippen LogP contribution in [0.4, 0.5) is 0 Å². The molecule has 0 saturated heterocycles. The number of benzene rings is 1. The third-order valence-electron chi connectivity index (χ3n) is 2.20. The first-order valence-electron chi connectivity index (χ1n) is 4.30. The Balaban J connectivity index is 2.37. The number of hydrogen-bond acceptors (Lipinski definition) is 3. The van der Waals surface area contributed by atoms with E-state index in [-0.39, 0.29) is 11.3 Å². The summed E-state index contributed by atoms with van der Waals surface area (Å²) >= 11 is 0. The highest BCUT2D eigenvalue weighted by Crippen LogP contribution is 2.30. The maximum atomic E-state index is 9.21. The van der Waals surface area contributed by atoms with E-state index in [1.54, 1.807) is 12.1 Å². The van der Waals surface area contributed by atoms with Crippen molar-refractivity contribution in [3.05, 3.63) is 23.8 Å². The molecule has 0 amide bonds. The molecule has 1 unspecified atom stereocenters. The predicted octanol–water partition coefficient (Wildman–Crippen LogP) is 1.04. The van der Waals surface area contributed by atoms with Gasteiger partial charge in [0.25, 0.3) is 0 Å². The molecule has 2 rings (SSSR count). The fraction of sp³-hybridized carbons (Fsp3) is 0.400. The summed E-state index contributed by atoms with van der Waals surface area (Å²) in [6.07, 6.45) is 0.794. The first-order valence-corrected chi connectivity index (χ1v) is 4.30. The minimum Gasteiger partial charge on any atom is -0.508 e. The summed E-state index contributed by atoms with van der Waals surface area (Å²) in [6.45, 7) is 2.46. The van der Waals surface area contributed by atoms with Crippen LogP contribution in [0.3, 0.4) is 0 Å². The van der Waals surface area contributed by atoms with E-state index >= 15 is 0 Å². The van der Waals surface area contributed by atoms with E-state index in [0.29, 0.717) is 6.61 Å². The lowest BCUT2D eigenvalue weighted by Gasteiger charge is -2.31. The van der Waals surface area contributed by atoms with Crippen molar-refractivity contribution < 1.29 is 9.84 Å². The van der Waals surface area contributed by atoms with Gasteiger partial charge in [-0.05, 0) is 25.0 Å². The summed E-state index contributed by atoms with van der Waals surface area (Å²) in [5, 5.41) is 9.21. The van der Waals surface area contributed by atoms with Crippen molar-refractivity contribution in [3.8, 4) is 11.5 Å². The molecule has 1 aromatic rings. The van der Waals surface area contributed by atoms with Crippen molar-refractivity contribution in [2.45, 2.75) is 18.9 Å². The third kappa shape index (κ3) is 1.60. The molecular weight excluding hydrogens is 166 g/mol. The highest BCUT2D eigenvalue weighted by molar-refractivity contribution is 5.42. The predicted molar refractivity (Wildman–Crippen MR) is 49.9 cm³/mol. The monoisotopic (exact) mass is 179 g/mol. The summed E-state index contributed by atoms with van der Waals surface area (Å²) in [4.78, 5) is 0. The molecule has 0 saturated carbocycles. The molecule has 0 aliphatic carbocycles. The Morgan fingerprint density at radius 1 is 1.54 bits per heavy atom. The smallest absolute Gasteiger partial charge is 0.126 e. The van der Waals surface area contributed by atoms with Crippen LogP contribution in [0.1, 0.15) is 12.5 Å². The molecular formula is C10H13NO2. The Labute approximate surface area is 77.1 Å². The molecule has 3 heteroatoms. The highest BCUT2D eigenvalue weighted by Gasteiger charge is 2.26. The Hall–Kier alpha value is -1.22. The SMILES string of the molecule is CC1(N)COc2cc(O)ccc2C1. The lowest BCUT2D eigenvalue weighted by molar-refractivity contribution is 0.203. The molecule has 1 aromatic carbocycles. The van der Waals surface area contributed by atoms with Gasteiger partial charge in [-0.1, -0.05) is 6.07 Å². The van der Waals surface area contributed by atoms with Crippen LogP contribution in [-0.4, -0.2) is 17.3 Å². The first-order chi connectivity index (χ1) is 6.07. The lowest BCUT2D eigenvalue weighted by Crippen LogP contribution is -2.46. The molecule has 0 bridgehead atoms. The second kappa shape index (κ2) is 2.64. The first kappa shape index (κ1) is 8.38. The fourth-order valence-electron chi connectivity index (χ4n) is 1.55. The molecule has 1 atom stereocenters. The van der Waals surface area contributed by atoms with Crippen molar-refractivity contribution in [3.63, 3.8) is 0 Å². The van der Waals surface area contributed by atoms with E-state index < -0.39 is 0 Å². The van der Waals surface area contributed by atoms with Gasteiger partial charge in [-0.25, -0.2) is 0 Å². The van der Waals surface area contributed by atoms with Gasteiger partial charge in [0, 0.05) is 6.07 Å². The number of ether oxygens (including phenoxy) is 1. The van der Waals surface area contributed by atoms with E-state index in [9.17, 15) is 5.11 Å². The van der Waals surface area contributed by atoms with Crippen molar-refractivity contribution in [1.82, 2.24) is 0 Å². The summed E-state index contributed by atoms with van der Waals surface area (Å²) in [7, 11) is 0. The second-order valence-corrected chi connectivity index (χ2v) is 3.91. The summed E-state index contributed by atoms with van der Waals surface area (Å²) < 4.78 is 5.43. The van der Waals surface area contributed by atoms with Gasteiger partial charge in [0.1, 0.15) is 18.1 Å². The van der Waals surface area contributed by atoms with Crippen molar-refractivity contribution >= 4 is 0 Å². The van der Waals surface area contributed by atoms with Crippen molar-refractivity contribution in [2.75, 3.05) is 6.61 Å². The molecule has 70 valence electrons. The molecule has 13 heavy (non-hydrogen) atoms. The zero-order chi connectivity index (χ0) is 9.47. The van der Waals surface area contributed by atoms with Crippen LogP contribution in [0.15, 0.2) is 18.2 Å². The van der Waals surface area contributed by atoms with Crippen molar-refractivity contribution in [1.29, 1.82) is 0 Å². The Kier molecular flexibility index (Phi) is 1.70. The van der Waals surface area contributed by atoms with Gasteiger partial charge in [0.2, 0.25) is 0 Å². The van der Waals surface area contributed by atoms with Gasteiger partial charge < -0.3 is 15.6 Å². The van der Waals surface area contributed by atoms with Crippen LogP contribution in [0, 0.1) is 0 Å². The van der Waals surface area contributed by atoms with Gasteiger partial charge in [-0.2, -0.15) is 0 Å². The highest BCUT2D eigenvalue weighted by atomic mass is 16.5. The maximum Gasteiger partial charge on any atom is 0.126 e. The van der Waals surface area contributed by atoms with E-state index in [4.69, 9.17) is 10.5 Å². The molecule has 1 heterocycles. The maximum absolute atomic E-state index is 9.21. The van der Waals surface area contributed by atoms with Crippen LogP contribution >= 0.6 is 0 Å². The summed E-state index contributed by atoms with van der Waals surface area (Å²) in [5.41, 5.74) is 6.72. The van der Waals surface area contributed by atoms with Crippen molar-refractivity contribution in [2.24, 2.45) is 5.73 Å². The number of phenolic OH excluding ortho intramolecular Hbond substituents is 1. The fourth-order valence-corrected chi connectivity index (χ4v) is 1.55. The minimum atomic E-state index is -0.288. The molecule has 0 radical (unpaired) electrons. The zero-order valence-corrected chi connectivity index (χ0v) is 7.58. The van der Waals surface area contributed by atoms with Gasteiger partial charge in [-0.15, -0.1) is 0 Å². The molecule has 0 aromatic heterocycles. The van der Waals surface area contributed by atoms with E-state index in [1.807, 2.05) is 13.0 Å². The number of phenols is 1. The number of rotatable bonds is 0. The Morgan fingerprint density at radius 2 is 2.31 bits per heavy atom. The Bertz CT molecular complexity index is 334. The second-order valence-electron chi connectivity index (χ2n) is 3.91. The quantitative estimate of drug-likeness (QED) is 0.625. The minimum absolute atomic E-state index is 0.236. The average molecular weight is 179 g/mol. The topological polar surface area (TPSA) is 55.5 Å². The third-order valence-corrected chi connectivity index (χ3v) is 2.20. The number of nitrogens with two attached hydrogens (primary N) is 1. The number of aromatic hydroxyl groups is 1. The number of hydrogen-bond donors (Lipinski definition) is 2. The average Bonchev–Trinajstić information content (AvgIpc) is 2.05. The van der Waals surface area contributed by atoms with E-state index in [1.165, 1.54) is 0 Å². The van der Waals surface area contributed by atoms with E-state index in [0.717, 1.165) is 17.7 Å². The largest absolute Gasteiger partial charge is 0.508 e. The lowest BCUT2D eigenvalue weighted by atomic mass is 9.92. The van der Waals surface area contributed by atoms with Crippen LogP contribution in [-0.2, 0) is 6.42 Å². The van der Waals surface area contributed by atoms with Gasteiger partial charge in [-0.3, -0.25) is 0 Å². The standard InChI is InChI=1S/C10H13NO2/c1-10(11)5-7-2-3-8(12)4-9(7)13-6-10/h2-4,12H,5-6,11H2,1H3. The van der Waals surface area contributed by atoms with Gasteiger partial charge >= 0.3 is 0 Å².